The first-order valence-corrected chi connectivity index (χ1v) is 5.75. The number of rotatable bonds is 2. The van der Waals surface area contributed by atoms with Crippen molar-refractivity contribution >= 4 is 34.3 Å². The molecule has 1 N–H and O–H groups in total. The fourth-order valence-electron chi connectivity index (χ4n) is 1.13. The minimum Gasteiger partial charge on any atom is -0.430 e. The van der Waals surface area contributed by atoms with Gasteiger partial charge in [-0.2, -0.15) is 0 Å². The first-order chi connectivity index (χ1) is 8.15. The third-order valence-corrected chi connectivity index (χ3v) is 2.57. The molecule has 0 fully saturated rings. The van der Waals surface area contributed by atoms with Crippen LogP contribution in [0, 0.1) is 3.57 Å². The lowest BCUT2D eigenvalue weighted by Gasteiger charge is -2.03. The first kappa shape index (κ1) is 11.8. The van der Waals surface area contributed by atoms with Crippen LogP contribution in [0.4, 0.5) is 5.82 Å². The van der Waals surface area contributed by atoms with Gasteiger partial charge in [-0.1, -0.05) is 0 Å². The first-order valence-electron chi connectivity index (χ1n) is 4.67. The summed E-state index contributed by atoms with van der Waals surface area (Å²) in [6.45, 7) is 0. The Balaban J connectivity index is 2.14. The van der Waals surface area contributed by atoms with Crippen molar-refractivity contribution in [1.82, 2.24) is 4.98 Å². The van der Waals surface area contributed by atoms with Crippen LogP contribution in [0.2, 0.25) is 0 Å². The highest BCUT2D eigenvalue weighted by Gasteiger charge is 2.07. The summed E-state index contributed by atoms with van der Waals surface area (Å²) < 4.78 is 5.58. The SMILES string of the molecule is O=C(Nc1ccc(I)cn1)c1ccc(=O)oc1. The van der Waals surface area contributed by atoms with Gasteiger partial charge >= 0.3 is 5.63 Å². The van der Waals surface area contributed by atoms with Crippen LogP contribution in [0.3, 0.4) is 0 Å². The molecule has 2 aromatic rings. The molecule has 0 saturated carbocycles. The summed E-state index contributed by atoms with van der Waals surface area (Å²) >= 11 is 2.12. The van der Waals surface area contributed by atoms with Gasteiger partial charge in [-0.15, -0.1) is 0 Å². The summed E-state index contributed by atoms with van der Waals surface area (Å²) in [4.78, 5) is 26.5. The number of carbonyl (C=O) groups is 1. The Kier molecular flexibility index (Phi) is 3.52. The molecule has 17 heavy (non-hydrogen) atoms. The van der Waals surface area contributed by atoms with Crippen molar-refractivity contribution in [3.63, 3.8) is 0 Å². The van der Waals surface area contributed by atoms with Gasteiger partial charge in [0.05, 0.1) is 5.56 Å². The van der Waals surface area contributed by atoms with Crippen LogP contribution in [0.15, 0.2) is 45.9 Å². The number of amides is 1. The lowest BCUT2D eigenvalue weighted by atomic mass is 10.3. The van der Waals surface area contributed by atoms with Gasteiger partial charge in [0.1, 0.15) is 12.1 Å². The fourth-order valence-corrected chi connectivity index (χ4v) is 1.44. The molecular formula is C11H7IN2O3. The van der Waals surface area contributed by atoms with Crippen LogP contribution in [0.1, 0.15) is 10.4 Å². The standard InChI is InChI=1S/C11H7IN2O3/c12-8-2-3-9(13-5-8)14-11(16)7-1-4-10(15)17-6-7/h1-6H,(H,13,14,16). The number of carbonyl (C=O) groups excluding carboxylic acids is 1. The van der Waals surface area contributed by atoms with Gasteiger partial charge in [0, 0.05) is 15.8 Å². The Morgan fingerprint density at radius 2 is 2.12 bits per heavy atom. The van der Waals surface area contributed by atoms with E-state index in [1.807, 2.05) is 6.07 Å². The van der Waals surface area contributed by atoms with Gasteiger partial charge in [0.2, 0.25) is 0 Å². The van der Waals surface area contributed by atoms with E-state index in [-0.39, 0.29) is 11.5 Å². The van der Waals surface area contributed by atoms with Crippen molar-refractivity contribution in [2.75, 3.05) is 5.32 Å². The number of aromatic nitrogens is 1. The summed E-state index contributed by atoms with van der Waals surface area (Å²) in [5, 5.41) is 2.59. The zero-order valence-corrected chi connectivity index (χ0v) is 10.7. The average Bonchev–Trinajstić information content (AvgIpc) is 2.33. The normalized spacial score (nSPS) is 9.94. The minimum atomic E-state index is -0.492. The van der Waals surface area contributed by atoms with Crippen LogP contribution in [0.5, 0.6) is 0 Å². The quantitative estimate of drug-likeness (QED) is 0.846. The van der Waals surface area contributed by atoms with E-state index in [0.717, 1.165) is 9.83 Å². The second kappa shape index (κ2) is 5.09. The maximum Gasteiger partial charge on any atom is 0.335 e. The molecule has 0 spiro atoms. The van der Waals surface area contributed by atoms with E-state index in [9.17, 15) is 9.59 Å². The van der Waals surface area contributed by atoms with Crippen LogP contribution in [0.25, 0.3) is 0 Å². The van der Waals surface area contributed by atoms with Crippen molar-refractivity contribution < 1.29 is 9.21 Å². The monoisotopic (exact) mass is 342 g/mol. The molecule has 0 bridgehead atoms. The van der Waals surface area contributed by atoms with Crippen LogP contribution in [-0.2, 0) is 0 Å². The van der Waals surface area contributed by atoms with Crippen LogP contribution >= 0.6 is 22.6 Å². The van der Waals surface area contributed by atoms with Gasteiger partial charge in [-0.25, -0.2) is 9.78 Å². The lowest BCUT2D eigenvalue weighted by molar-refractivity contribution is 0.102. The second-order valence-electron chi connectivity index (χ2n) is 3.16. The minimum absolute atomic E-state index is 0.268. The van der Waals surface area contributed by atoms with Gasteiger partial charge in [0.25, 0.3) is 5.91 Å². The van der Waals surface area contributed by atoms with E-state index in [1.54, 1.807) is 12.3 Å². The Bertz CT molecular complexity index is 572. The van der Waals surface area contributed by atoms with Gasteiger partial charge in [-0.05, 0) is 40.8 Å². The van der Waals surface area contributed by atoms with Gasteiger partial charge in [0.15, 0.2) is 0 Å². The number of anilines is 1. The second-order valence-corrected chi connectivity index (χ2v) is 4.40. The average molecular weight is 342 g/mol. The molecule has 0 aliphatic rings. The molecule has 0 radical (unpaired) electrons. The molecule has 6 heteroatoms. The molecule has 0 aliphatic carbocycles. The van der Waals surface area contributed by atoms with Crippen molar-refractivity contribution in [2.24, 2.45) is 0 Å². The van der Waals surface area contributed by atoms with Crippen molar-refractivity contribution in [1.29, 1.82) is 0 Å². The molecule has 2 rings (SSSR count). The molecule has 0 atom stereocenters. The molecule has 1 amide bonds. The third-order valence-electron chi connectivity index (χ3n) is 1.93. The molecular weight excluding hydrogens is 335 g/mol. The summed E-state index contributed by atoms with van der Waals surface area (Å²) in [6, 6.07) is 6.11. The maximum atomic E-state index is 11.7. The van der Waals surface area contributed by atoms with Gasteiger partial charge in [-0.3, -0.25) is 4.79 Å². The number of nitrogens with zero attached hydrogens (tertiary/aromatic N) is 1. The zero-order chi connectivity index (χ0) is 12.3. The van der Waals surface area contributed by atoms with Crippen LogP contribution in [-0.4, -0.2) is 10.9 Å². The Hall–Kier alpha value is -1.70. The molecule has 86 valence electrons. The smallest absolute Gasteiger partial charge is 0.335 e. The highest BCUT2D eigenvalue weighted by molar-refractivity contribution is 14.1. The molecule has 5 nitrogen and oxygen atoms in total. The predicted octanol–water partition coefficient (Wildman–Crippen LogP) is 1.89. The van der Waals surface area contributed by atoms with E-state index in [4.69, 9.17) is 0 Å². The number of halogens is 1. The maximum absolute atomic E-state index is 11.7. The topological polar surface area (TPSA) is 72.2 Å². The highest BCUT2D eigenvalue weighted by atomic mass is 127. The molecule has 0 unspecified atom stereocenters. The summed E-state index contributed by atoms with van der Waals surface area (Å²) in [5.74, 6) is 0.0732. The molecule has 0 saturated heterocycles. The van der Waals surface area contributed by atoms with E-state index >= 15 is 0 Å². The van der Waals surface area contributed by atoms with E-state index < -0.39 is 5.63 Å². The number of pyridine rings is 1. The van der Waals surface area contributed by atoms with E-state index in [1.165, 1.54) is 12.1 Å². The number of hydrogen-bond acceptors (Lipinski definition) is 4. The molecule has 0 aromatic carbocycles. The van der Waals surface area contributed by atoms with Gasteiger partial charge < -0.3 is 9.73 Å². The van der Waals surface area contributed by atoms with Crippen molar-refractivity contribution in [3.05, 3.63) is 56.3 Å². The summed E-state index contributed by atoms with van der Waals surface area (Å²) in [5.41, 5.74) is -0.223. The lowest BCUT2D eigenvalue weighted by Crippen LogP contribution is -2.13. The predicted molar refractivity (Wildman–Crippen MR) is 69.9 cm³/mol. The summed E-state index contributed by atoms with van der Waals surface area (Å²) in [7, 11) is 0. The van der Waals surface area contributed by atoms with E-state index in [2.05, 4.69) is 37.3 Å². The van der Waals surface area contributed by atoms with Crippen molar-refractivity contribution in [2.45, 2.75) is 0 Å². The summed E-state index contributed by atoms with van der Waals surface area (Å²) in [6.07, 6.45) is 2.76. The zero-order valence-electron chi connectivity index (χ0n) is 8.51. The van der Waals surface area contributed by atoms with Crippen LogP contribution < -0.4 is 10.9 Å². The molecule has 2 heterocycles. The molecule has 0 aliphatic heterocycles. The fraction of sp³-hybridized carbons (Fsp3) is 0. The Morgan fingerprint density at radius 1 is 1.29 bits per heavy atom. The Morgan fingerprint density at radius 3 is 2.71 bits per heavy atom. The highest BCUT2D eigenvalue weighted by Crippen LogP contribution is 2.08. The third kappa shape index (κ3) is 3.13. The number of hydrogen-bond donors (Lipinski definition) is 1. The van der Waals surface area contributed by atoms with Crippen molar-refractivity contribution in [3.8, 4) is 0 Å². The Labute approximate surface area is 110 Å². The largest absolute Gasteiger partial charge is 0.430 e. The molecule has 2 aromatic heterocycles. The van der Waals surface area contributed by atoms with E-state index in [0.29, 0.717) is 5.82 Å². The number of nitrogens with one attached hydrogen (secondary N) is 1.